The second-order valence-electron chi connectivity index (χ2n) is 5.49. The zero-order valence-electron chi connectivity index (χ0n) is 12.1. The summed E-state index contributed by atoms with van der Waals surface area (Å²) in [7, 11) is 1.80. The average Bonchev–Trinajstić information content (AvgIpc) is 2.85. The van der Waals surface area contributed by atoms with E-state index in [1.807, 2.05) is 6.26 Å². The van der Waals surface area contributed by atoms with Crippen molar-refractivity contribution >= 4 is 23.6 Å². The third-order valence-electron chi connectivity index (χ3n) is 4.28. The molecule has 1 unspecified atom stereocenters. The monoisotopic (exact) mass is 287 g/mol. The highest BCUT2D eigenvalue weighted by molar-refractivity contribution is 7.98. The second kappa shape index (κ2) is 7.17. The van der Waals surface area contributed by atoms with Gasteiger partial charge >= 0.3 is 5.97 Å². The van der Waals surface area contributed by atoms with Gasteiger partial charge in [-0.1, -0.05) is 19.8 Å². The van der Waals surface area contributed by atoms with Crippen molar-refractivity contribution < 1.29 is 14.7 Å². The van der Waals surface area contributed by atoms with Crippen molar-refractivity contribution in [1.82, 2.24) is 4.90 Å². The molecule has 0 aromatic carbocycles. The Balaban J connectivity index is 2.69. The van der Waals surface area contributed by atoms with Crippen molar-refractivity contribution in [3.63, 3.8) is 0 Å². The summed E-state index contributed by atoms with van der Waals surface area (Å²) in [5, 5.41) is 9.42. The molecule has 110 valence electrons. The maximum atomic E-state index is 12.3. The standard InChI is InChI=1S/C14H25NO3S/c1-4-11(10-19-3)15(2)12(16)9-14(13(17)18)7-5-6-8-14/h11H,4-10H2,1-3H3,(H,17,18). The molecule has 1 atom stereocenters. The third-order valence-corrected chi connectivity index (χ3v) is 4.99. The van der Waals surface area contributed by atoms with Crippen molar-refractivity contribution in [3.8, 4) is 0 Å². The molecule has 0 aromatic heterocycles. The smallest absolute Gasteiger partial charge is 0.310 e. The highest BCUT2D eigenvalue weighted by Gasteiger charge is 2.43. The Labute approximate surface area is 119 Å². The van der Waals surface area contributed by atoms with Gasteiger partial charge in [0, 0.05) is 25.3 Å². The molecule has 1 amide bonds. The fraction of sp³-hybridized carbons (Fsp3) is 0.857. The minimum Gasteiger partial charge on any atom is -0.481 e. The number of hydrogen-bond acceptors (Lipinski definition) is 3. The van der Waals surface area contributed by atoms with E-state index in [9.17, 15) is 14.7 Å². The number of rotatable bonds is 7. The molecule has 0 spiro atoms. The van der Waals surface area contributed by atoms with Crippen molar-refractivity contribution in [2.24, 2.45) is 5.41 Å². The number of aliphatic carboxylic acids is 1. The van der Waals surface area contributed by atoms with Gasteiger partial charge in [-0.3, -0.25) is 9.59 Å². The molecule has 1 aliphatic carbocycles. The van der Waals surface area contributed by atoms with Gasteiger partial charge in [0.15, 0.2) is 0 Å². The topological polar surface area (TPSA) is 57.6 Å². The molecule has 1 saturated carbocycles. The molecule has 0 saturated heterocycles. The lowest BCUT2D eigenvalue weighted by molar-refractivity contribution is -0.153. The molecular formula is C14H25NO3S. The summed E-state index contributed by atoms with van der Waals surface area (Å²) in [5.41, 5.74) is -0.803. The van der Waals surface area contributed by atoms with Crippen LogP contribution in [-0.4, -0.2) is 47.0 Å². The van der Waals surface area contributed by atoms with Crippen LogP contribution in [0.4, 0.5) is 0 Å². The van der Waals surface area contributed by atoms with Crippen LogP contribution < -0.4 is 0 Å². The average molecular weight is 287 g/mol. The van der Waals surface area contributed by atoms with E-state index in [2.05, 4.69) is 6.92 Å². The van der Waals surface area contributed by atoms with Gasteiger partial charge in [-0.15, -0.1) is 0 Å². The number of thioether (sulfide) groups is 1. The van der Waals surface area contributed by atoms with Gasteiger partial charge in [-0.2, -0.15) is 11.8 Å². The summed E-state index contributed by atoms with van der Waals surface area (Å²) in [6.07, 6.45) is 6.21. The molecule has 4 nitrogen and oxygen atoms in total. The lowest BCUT2D eigenvalue weighted by Gasteiger charge is -2.31. The Morgan fingerprint density at radius 2 is 1.95 bits per heavy atom. The Morgan fingerprint density at radius 3 is 2.37 bits per heavy atom. The van der Waals surface area contributed by atoms with E-state index in [0.717, 1.165) is 25.0 Å². The van der Waals surface area contributed by atoms with E-state index in [1.165, 1.54) is 0 Å². The minimum atomic E-state index is -0.803. The quantitative estimate of drug-likeness (QED) is 0.782. The Hall–Kier alpha value is -0.710. The lowest BCUT2D eigenvalue weighted by Crippen LogP contribution is -2.42. The van der Waals surface area contributed by atoms with Crippen LogP contribution in [0.5, 0.6) is 0 Å². The first-order valence-corrected chi connectivity index (χ1v) is 8.34. The van der Waals surface area contributed by atoms with Crippen LogP contribution in [0, 0.1) is 5.41 Å². The summed E-state index contributed by atoms with van der Waals surface area (Å²) in [6.45, 7) is 2.06. The number of hydrogen-bond donors (Lipinski definition) is 1. The number of amides is 1. The van der Waals surface area contributed by atoms with E-state index >= 15 is 0 Å². The molecular weight excluding hydrogens is 262 g/mol. The van der Waals surface area contributed by atoms with Crippen molar-refractivity contribution in [2.75, 3.05) is 19.1 Å². The van der Waals surface area contributed by atoms with Crippen molar-refractivity contribution in [2.45, 2.75) is 51.5 Å². The van der Waals surface area contributed by atoms with Gasteiger partial charge in [0.2, 0.25) is 5.91 Å². The van der Waals surface area contributed by atoms with Crippen LogP contribution in [0.15, 0.2) is 0 Å². The van der Waals surface area contributed by atoms with Crippen molar-refractivity contribution in [3.05, 3.63) is 0 Å². The number of carboxylic acids is 1. The van der Waals surface area contributed by atoms with Gasteiger partial charge in [0.05, 0.1) is 5.41 Å². The Morgan fingerprint density at radius 1 is 1.37 bits per heavy atom. The van der Waals surface area contributed by atoms with E-state index in [-0.39, 0.29) is 18.4 Å². The van der Waals surface area contributed by atoms with Gasteiger partial charge in [-0.25, -0.2) is 0 Å². The summed E-state index contributed by atoms with van der Waals surface area (Å²) < 4.78 is 0. The zero-order chi connectivity index (χ0) is 14.5. The van der Waals surface area contributed by atoms with Gasteiger partial charge in [0.1, 0.15) is 0 Å². The van der Waals surface area contributed by atoms with E-state index in [4.69, 9.17) is 0 Å². The van der Waals surface area contributed by atoms with Crippen LogP contribution >= 0.6 is 11.8 Å². The van der Waals surface area contributed by atoms with E-state index in [0.29, 0.717) is 12.8 Å². The highest BCUT2D eigenvalue weighted by Crippen LogP contribution is 2.41. The Bertz CT molecular complexity index is 327. The number of carboxylic acid groups (broad SMARTS) is 1. The first-order valence-electron chi connectivity index (χ1n) is 6.95. The molecule has 19 heavy (non-hydrogen) atoms. The molecule has 0 aromatic rings. The Kier molecular flexibility index (Phi) is 6.17. The van der Waals surface area contributed by atoms with E-state index in [1.54, 1.807) is 23.7 Å². The highest BCUT2D eigenvalue weighted by atomic mass is 32.2. The molecule has 1 fully saturated rings. The molecule has 1 aliphatic rings. The maximum absolute atomic E-state index is 12.3. The van der Waals surface area contributed by atoms with Crippen LogP contribution in [-0.2, 0) is 9.59 Å². The second-order valence-corrected chi connectivity index (χ2v) is 6.40. The summed E-state index contributed by atoms with van der Waals surface area (Å²) in [5.74, 6) is 0.0774. The van der Waals surface area contributed by atoms with Crippen LogP contribution in [0.3, 0.4) is 0 Å². The van der Waals surface area contributed by atoms with Crippen LogP contribution in [0.2, 0.25) is 0 Å². The first-order chi connectivity index (χ1) is 8.96. The predicted molar refractivity (Wildman–Crippen MR) is 78.4 cm³/mol. The van der Waals surface area contributed by atoms with Gasteiger partial charge in [-0.05, 0) is 25.5 Å². The van der Waals surface area contributed by atoms with Crippen LogP contribution in [0.1, 0.15) is 45.4 Å². The summed E-state index contributed by atoms with van der Waals surface area (Å²) in [4.78, 5) is 25.6. The molecule has 0 aliphatic heterocycles. The zero-order valence-corrected chi connectivity index (χ0v) is 13.0. The first kappa shape index (κ1) is 16.3. The van der Waals surface area contributed by atoms with Gasteiger partial charge < -0.3 is 10.0 Å². The SMILES string of the molecule is CCC(CSC)N(C)C(=O)CC1(C(=O)O)CCCC1. The molecule has 1 rings (SSSR count). The summed E-state index contributed by atoms with van der Waals surface area (Å²) in [6, 6.07) is 0.203. The molecule has 0 bridgehead atoms. The van der Waals surface area contributed by atoms with Gasteiger partial charge in [0.25, 0.3) is 0 Å². The minimum absolute atomic E-state index is 0.0230. The largest absolute Gasteiger partial charge is 0.481 e. The third kappa shape index (κ3) is 3.88. The van der Waals surface area contributed by atoms with Crippen LogP contribution in [0.25, 0.3) is 0 Å². The van der Waals surface area contributed by atoms with E-state index < -0.39 is 11.4 Å². The molecule has 5 heteroatoms. The fourth-order valence-electron chi connectivity index (χ4n) is 2.83. The molecule has 0 radical (unpaired) electrons. The van der Waals surface area contributed by atoms with Crippen molar-refractivity contribution in [1.29, 1.82) is 0 Å². The normalized spacial score (nSPS) is 19.1. The number of carbonyl (C=O) groups excluding carboxylic acids is 1. The molecule has 0 heterocycles. The molecule has 1 N–H and O–H groups in total. The number of nitrogens with zero attached hydrogens (tertiary/aromatic N) is 1. The summed E-state index contributed by atoms with van der Waals surface area (Å²) >= 11 is 1.72. The fourth-order valence-corrected chi connectivity index (χ4v) is 3.68. The lowest BCUT2D eigenvalue weighted by atomic mass is 9.82. The maximum Gasteiger partial charge on any atom is 0.310 e. The predicted octanol–water partition coefficient (Wildman–Crippen LogP) is 2.62. The number of carbonyl (C=O) groups is 2.